The Hall–Kier alpha value is -1.13. The third-order valence-corrected chi connectivity index (χ3v) is 3.12. The molecule has 1 unspecified atom stereocenters. The number of amides is 1. The van der Waals surface area contributed by atoms with E-state index in [0.717, 1.165) is 25.9 Å². The van der Waals surface area contributed by atoms with E-state index >= 15 is 0 Å². The van der Waals surface area contributed by atoms with Gasteiger partial charge in [0.2, 0.25) is 0 Å². The molecule has 92 valence electrons. The lowest BCUT2D eigenvalue weighted by atomic mass is 10.1. The van der Waals surface area contributed by atoms with Gasteiger partial charge in [0.05, 0.1) is 10.6 Å². The topological polar surface area (TPSA) is 41.1 Å². The van der Waals surface area contributed by atoms with Crippen molar-refractivity contribution in [3.8, 4) is 0 Å². The molecule has 0 radical (unpaired) electrons. The predicted molar refractivity (Wildman–Crippen MR) is 64.8 cm³/mol. The van der Waals surface area contributed by atoms with E-state index in [-0.39, 0.29) is 16.6 Å². The molecule has 0 saturated carbocycles. The zero-order valence-electron chi connectivity index (χ0n) is 9.30. The second-order valence-corrected chi connectivity index (χ2v) is 4.53. The van der Waals surface area contributed by atoms with Crippen LogP contribution >= 0.6 is 11.6 Å². The zero-order chi connectivity index (χ0) is 12.3. The summed E-state index contributed by atoms with van der Waals surface area (Å²) in [6.45, 7) is 1.70. The van der Waals surface area contributed by atoms with Crippen LogP contribution in [0.25, 0.3) is 0 Å². The van der Waals surface area contributed by atoms with Crippen molar-refractivity contribution in [3.05, 3.63) is 34.6 Å². The van der Waals surface area contributed by atoms with Crippen molar-refractivity contribution >= 4 is 17.5 Å². The number of hydrogen-bond donors (Lipinski definition) is 2. The minimum Gasteiger partial charge on any atom is -0.348 e. The summed E-state index contributed by atoms with van der Waals surface area (Å²) in [6.07, 6.45) is 1.93. The Balaban J connectivity index is 2.06. The highest BCUT2D eigenvalue weighted by Gasteiger charge is 2.19. The summed E-state index contributed by atoms with van der Waals surface area (Å²) in [5.74, 6) is -1.06. The van der Waals surface area contributed by atoms with E-state index in [4.69, 9.17) is 11.6 Å². The minimum atomic E-state index is -0.657. The number of halogens is 2. The second kappa shape index (κ2) is 5.47. The van der Waals surface area contributed by atoms with Gasteiger partial charge >= 0.3 is 0 Å². The Morgan fingerprint density at radius 3 is 3.06 bits per heavy atom. The normalized spacial score (nSPS) is 20.0. The molecular weight excluding hydrogens is 243 g/mol. The monoisotopic (exact) mass is 256 g/mol. The van der Waals surface area contributed by atoms with Gasteiger partial charge in [-0.15, -0.1) is 0 Å². The zero-order valence-corrected chi connectivity index (χ0v) is 10.1. The molecule has 1 amide bonds. The second-order valence-electron chi connectivity index (χ2n) is 4.12. The van der Waals surface area contributed by atoms with Gasteiger partial charge in [0.25, 0.3) is 5.91 Å². The van der Waals surface area contributed by atoms with E-state index in [1.807, 2.05) is 0 Å². The highest BCUT2D eigenvalue weighted by atomic mass is 35.5. The largest absolute Gasteiger partial charge is 0.348 e. The van der Waals surface area contributed by atoms with Crippen molar-refractivity contribution in [1.29, 1.82) is 0 Å². The number of benzene rings is 1. The van der Waals surface area contributed by atoms with E-state index in [1.165, 1.54) is 12.1 Å². The molecule has 5 heteroatoms. The maximum absolute atomic E-state index is 13.6. The fourth-order valence-electron chi connectivity index (χ4n) is 1.92. The SMILES string of the molecule is O=C(NC1CCCNC1)c1cccc(Cl)c1F. The van der Waals surface area contributed by atoms with Crippen molar-refractivity contribution in [2.45, 2.75) is 18.9 Å². The third-order valence-electron chi connectivity index (χ3n) is 2.83. The van der Waals surface area contributed by atoms with Gasteiger partial charge in [-0.05, 0) is 31.5 Å². The van der Waals surface area contributed by atoms with E-state index in [9.17, 15) is 9.18 Å². The van der Waals surface area contributed by atoms with Gasteiger partial charge in [0.15, 0.2) is 5.82 Å². The molecular formula is C12H14ClFN2O. The molecule has 17 heavy (non-hydrogen) atoms. The van der Waals surface area contributed by atoms with Crippen LogP contribution in [0.5, 0.6) is 0 Å². The molecule has 1 fully saturated rings. The summed E-state index contributed by atoms with van der Waals surface area (Å²) in [7, 11) is 0. The number of hydrogen-bond acceptors (Lipinski definition) is 2. The van der Waals surface area contributed by atoms with Crippen LogP contribution in [0.1, 0.15) is 23.2 Å². The van der Waals surface area contributed by atoms with Gasteiger partial charge in [-0.1, -0.05) is 17.7 Å². The van der Waals surface area contributed by atoms with Crippen molar-refractivity contribution in [2.24, 2.45) is 0 Å². The third kappa shape index (κ3) is 2.96. The molecule has 0 aliphatic carbocycles. The first-order valence-electron chi connectivity index (χ1n) is 5.64. The van der Waals surface area contributed by atoms with Crippen molar-refractivity contribution in [1.82, 2.24) is 10.6 Å². The standard InChI is InChI=1S/C12H14ClFN2O/c13-10-5-1-4-9(11(10)14)12(17)16-8-3-2-6-15-7-8/h1,4-5,8,15H,2-3,6-7H2,(H,16,17). The number of nitrogens with one attached hydrogen (secondary N) is 2. The Bertz CT molecular complexity index is 419. The predicted octanol–water partition coefficient (Wildman–Crippen LogP) is 1.96. The van der Waals surface area contributed by atoms with Gasteiger partial charge in [0.1, 0.15) is 0 Å². The molecule has 0 spiro atoms. The average Bonchev–Trinajstić information content (AvgIpc) is 2.34. The molecule has 0 aromatic heterocycles. The molecule has 1 atom stereocenters. The molecule has 2 N–H and O–H groups in total. The quantitative estimate of drug-likeness (QED) is 0.849. The molecule has 1 aliphatic rings. The lowest BCUT2D eigenvalue weighted by Gasteiger charge is -2.23. The maximum Gasteiger partial charge on any atom is 0.254 e. The van der Waals surface area contributed by atoms with Crippen LogP contribution in [-0.2, 0) is 0 Å². The van der Waals surface area contributed by atoms with E-state index in [1.54, 1.807) is 6.07 Å². The van der Waals surface area contributed by atoms with Crippen LogP contribution in [0.15, 0.2) is 18.2 Å². The summed E-state index contributed by atoms with van der Waals surface area (Å²) in [5.41, 5.74) is 0.00285. The molecule has 1 heterocycles. The van der Waals surface area contributed by atoms with Gasteiger partial charge < -0.3 is 10.6 Å². The molecule has 1 saturated heterocycles. The van der Waals surface area contributed by atoms with Crippen molar-refractivity contribution < 1.29 is 9.18 Å². The Morgan fingerprint density at radius 2 is 2.35 bits per heavy atom. The van der Waals surface area contributed by atoms with Crippen LogP contribution in [-0.4, -0.2) is 25.0 Å². The van der Waals surface area contributed by atoms with Gasteiger partial charge in [-0.3, -0.25) is 4.79 Å². The van der Waals surface area contributed by atoms with E-state index in [2.05, 4.69) is 10.6 Å². The van der Waals surface area contributed by atoms with Crippen molar-refractivity contribution in [3.63, 3.8) is 0 Å². The lowest BCUT2D eigenvalue weighted by molar-refractivity contribution is 0.0926. The first-order chi connectivity index (χ1) is 8.18. The summed E-state index contributed by atoms with van der Waals surface area (Å²) >= 11 is 5.63. The molecule has 0 bridgehead atoms. The highest BCUT2D eigenvalue weighted by molar-refractivity contribution is 6.31. The molecule has 1 aromatic rings. The van der Waals surface area contributed by atoms with Gasteiger partial charge in [-0.2, -0.15) is 0 Å². The summed E-state index contributed by atoms with van der Waals surface area (Å²) in [4.78, 5) is 11.8. The van der Waals surface area contributed by atoms with Crippen LogP contribution in [0.2, 0.25) is 5.02 Å². The molecule has 1 aromatic carbocycles. The Kier molecular flexibility index (Phi) is 3.97. The van der Waals surface area contributed by atoms with Crippen molar-refractivity contribution in [2.75, 3.05) is 13.1 Å². The Labute approximate surface area is 104 Å². The number of carbonyl (C=O) groups excluding carboxylic acids is 1. The van der Waals surface area contributed by atoms with Crippen LogP contribution < -0.4 is 10.6 Å². The average molecular weight is 257 g/mol. The first kappa shape index (κ1) is 12.3. The summed E-state index contributed by atoms with van der Waals surface area (Å²) in [6, 6.07) is 4.50. The first-order valence-corrected chi connectivity index (χ1v) is 6.02. The van der Waals surface area contributed by atoms with Gasteiger partial charge in [0, 0.05) is 12.6 Å². The number of rotatable bonds is 2. The lowest BCUT2D eigenvalue weighted by Crippen LogP contribution is -2.45. The molecule has 3 nitrogen and oxygen atoms in total. The smallest absolute Gasteiger partial charge is 0.254 e. The molecule has 2 rings (SSSR count). The number of piperidine rings is 1. The fraction of sp³-hybridized carbons (Fsp3) is 0.417. The Morgan fingerprint density at radius 1 is 1.53 bits per heavy atom. The van der Waals surface area contributed by atoms with E-state index in [0.29, 0.717) is 0 Å². The summed E-state index contributed by atoms with van der Waals surface area (Å²) < 4.78 is 13.6. The van der Waals surface area contributed by atoms with Gasteiger partial charge in [-0.25, -0.2) is 4.39 Å². The van der Waals surface area contributed by atoms with E-state index < -0.39 is 11.7 Å². The maximum atomic E-state index is 13.6. The number of carbonyl (C=O) groups is 1. The minimum absolute atomic E-state index is 0.00285. The highest BCUT2D eigenvalue weighted by Crippen LogP contribution is 2.18. The fourth-order valence-corrected chi connectivity index (χ4v) is 2.09. The van der Waals surface area contributed by atoms with Crippen LogP contribution in [0.4, 0.5) is 4.39 Å². The van der Waals surface area contributed by atoms with Crippen LogP contribution in [0.3, 0.4) is 0 Å². The summed E-state index contributed by atoms with van der Waals surface area (Å²) in [5, 5.41) is 5.96. The molecule has 1 aliphatic heterocycles. The van der Waals surface area contributed by atoms with Crippen LogP contribution in [0, 0.1) is 5.82 Å².